The van der Waals surface area contributed by atoms with Crippen molar-refractivity contribution in [3.8, 4) is 17.2 Å². The Morgan fingerprint density at radius 3 is 2.89 bits per heavy atom. The number of alkyl halides is 1. The number of rotatable bonds is 5. The number of aryl methyl sites for hydroxylation is 1. The molecule has 0 aliphatic rings. The molecule has 0 aliphatic heterocycles. The molecule has 0 radical (unpaired) electrons. The van der Waals surface area contributed by atoms with Crippen molar-refractivity contribution in [2.24, 2.45) is 0 Å². The van der Waals surface area contributed by atoms with Crippen LogP contribution in [-0.2, 0) is 0 Å². The van der Waals surface area contributed by atoms with Crippen molar-refractivity contribution in [3.63, 3.8) is 0 Å². The topological polar surface area (TPSA) is 48.2 Å². The van der Waals surface area contributed by atoms with Gasteiger partial charge in [0.1, 0.15) is 5.75 Å². The molecule has 0 amide bonds. The van der Waals surface area contributed by atoms with Gasteiger partial charge in [0, 0.05) is 5.56 Å². The van der Waals surface area contributed by atoms with Gasteiger partial charge in [-0.25, -0.2) is 0 Å². The fraction of sp³-hybridized carbons (Fsp3) is 0.429. The summed E-state index contributed by atoms with van der Waals surface area (Å²) in [6.45, 7) is 4.05. The van der Waals surface area contributed by atoms with Crippen LogP contribution in [0.5, 0.6) is 5.75 Å². The Morgan fingerprint density at radius 1 is 1.42 bits per heavy atom. The number of methoxy groups -OCH3 is 1. The van der Waals surface area contributed by atoms with Gasteiger partial charge in [-0.1, -0.05) is 24.6 Å². The van der Waals surface area contributed by atoms with Crippen LogP contribution in [0.1, 0.15) is 36.5 Å². The van der Waals surface area contributed by atoms with E-state index in [0.717, 1.165) is 29.7 Å². The minimum Gasteiger partial charge on any atom is -0.496 e. The zero-order chi connectivity index (χ0) is 13.8. The first-order chi connectivity index (χ1) is 9.15. The van der Waals surface area contributed by atoms with Crippen LogP contribution in [0.15, 0.2) is 22.7 Å². The van der Waals surface area contributed by atoms with E-state index in [-0.39, 0.29) is 5.38 Å². The Hall–Kier alpha value is -1.55. The van der Waals surface area contributed by atoms with E-state index in [1.54, 1.807) is 7.11 Å². The SMILES string of the molecule is CCCC(Cl)c1noc(-c2ccc(C)c(OC)c2)n1. The zero-order valence-electron chi connectivity index (χ0n) is 11.3. The molecule has 1 unspecified atom stereocenters. The van der Waals surface area contributed by atoms with Gasteiger partial charge in [0.15, 0.2) is 5.82 Å². The fourth-order valence-electron chi connectivity index (χ4n) is 1.81. The predicted molar refractivity (Wildman–Crippen MR) is 74.5 cm³/mol. The second-order valence-corrected chi connectivity index (χ2v) is 4.93. The highest BCUT2D eigenvalue weighted by Crippen LogP contribution is 2.28. The van der Waals surface area contributed by atoms with Crippen molar-refractivity contribution < 1.29 is 9.26 Å². The minimum absolute atomic E-state index is 0.199. The van der Waals surface area contributed by atoms with Crippen LogP contribution in [0.25, 0.3) is 11.5 Å². The van der Waals surface area contributed by atoms with Crippen molar-refractivity contribution in [3.05, 3.63) is 29.6 Å². The molecule has 2 aromatic rings. The maximum absolute atomic E-state index is 6.18. The van der Waals surface area contributed by atoms with Crippen molar-refractivity contribution in [1.29, 1.82) is 0 Å². The third-order valence-corrected chi connectivity index (χ3v) is 3.33. The van der Waals surface area contributed by atoms with Crippen molar-refractivity contribution in [2.75, 3.05) is 7.11 Å². The number of nitrogens with zero attached hydrogens (tertiary/aromatic N) is 2. The van der Waals surface area contributed by atoms with Gasteiger partial charge in [-0.05, 0) is 31.0 Å². The molecular formula is C14H17ClN2O2. The molecule has 0 spiro atoms. The molecular weight excluding hydrogens is 264 g/mol. The zero-order valence-corrected chi connectivity index (χ0v) is 12.1. The molecule has 2 rings (SSSR count). The lowest BCUT2D eigenvalue weighted by Crippen LogP contribution is -1.92. The Bertz CT molecular complexity index is 554. The van der Waals surface area contributed by atoms with Crippen LogP contribution < -0.4 is 4.74 Å². The maximum atomic E-state index is 6.18. The molecule has 0 fully saturated rings. The molecule has 0 bridgehead atoms. The lowest BCUT2D eigenvalue weighted by atomic mass is 10.1. The second-order valence-electron chi connectivity index (χ2n) is 4.40. The van der Waals surface area contributed by atoms with Crippen LogP contribution >= 0.6 is 11.6 Å². The third kappa shape index (κ3) is 3.07. The Balaban J connectivity index is 2.27. The van der Waals surface area contributed by atoms with Gasteiger partial charge in [-0.3, -0.25) is 0 Å². The van der Waals surface area contributed by atoms with Gasteiger partial charge in [0.05, 0.1) is 12.5 Å². The van der Waals surface area contributed by atoms with Crippen LogP contribution in [0.4, 0.5) is 0 Å². The van der Waals surface area contributed by atoms with E-state index in [2.05, 4.69) is 17.1 Å². The summed E-state index contributed by atoms with van der Waals surface area (Å²) in [5.74, 6) is 1.81. The van der Waals surface area contributed by atoms with E-state index in [4.69, 9.17) is 20.9 Å². The van der Waals surface area contributed by atoms with Crippen LogP contribution in [0, 0.1) is 6.92 Å². The molecule has 4 nitrogen and oxygen atoms in total. The summed E-state index contributed by atoms with van der Waals surface area (Å²) in [4.78, 5) is 4.34. The Kier molecular flexibility index (Phi) is 4.43. The van der Waals surface area contributed by atoms with E-state index in [1.165, 1.54) is 0 Å². The number of benzene rings is 1. The molecule has 102 valence electrons. The lowest BCUT2D eigenvalue weighted by molar-refractivity contribution is 0.409. The molecule has 0 saturated heterocycles. The van der Waals surface area contributed by atoms with Crippen LogP contribution in [-0.4, -0.2) is 17.3 Å². The first kappa shape index (κ1) is 13.9. The summed E-state index contributed by atoms with van der Waals surface area (Å²) in [6, 6.07) is 5.77. The van der Waals surface area contributed by atoms with Crippen molar-refractivity contribution in [1.82, 2.24) is 10.1 Å². The monoisotopic (exact) mass is 280 g/mol. The van der Waals surface area contributed by atoms with Gasteiger partial charge in [0.25, 0.3) is 5.89 Å². The highest BCUT2D eigenvalue weighted by Gasteiger charge is 2.16. The number of halogens is 1. The number of hydrogen-bond donors (Lipinski definition) is 0. The standard InChI is InChI=1S/C14H17ClN2O2/c1-4-5-11(15)13-16-14(19-17-13)10-7-6-9(2)12(8-10)18-3/h6-8,11H,4-5H2,1-3H3. The quantitative estimate of drug-likeness (QED) is 0.773. The van der Waals surface area contributed by atoms with E-state index in [9.17, 15) is 0 Å². The molecule has 0 saturated carbocycles. The third-order valence-electron chi connectivity index (χ3n) is 2.92. The second kappa shape index (κ2) is 6.06. The Morgan fingerprint density at radius 2 is 2.21 bits per heavy atom. The molecule has 1 atom stereocenters. The lowest BCUT2D eigenvalue weighted by Gasteiger charge is -2.04. The maximum Gasteiger partial charge on any atom is 0.258 e. The molecule has 1 aromatic carbocycles. The van der Waals surface area contributed by atoms with E-state index >= 15 is 0 Å². The molecule has 0 aliphatic carbocycles. The van der Waals surface area contributed by atoms with E-state index in [1.807, 2.05) is 25.1 Å². The van der Waals surface area contributed by atoms with E-state index < -0.39 is 0 Å². The van der Waals surface area contributed by atoms with Gasteiger partial charge >= 0.3 is 0 Å². The molecule has 19 heavy (non-hydrogen) atoms. The normalized spacial score (nSPS) is 12.4. The largest absolute Gasteiger partial charge is 0.496 e. The minimum atomic E-state index is -0.199. The van der Waals surface area contributed by atoms with Crippen LogP contribution in [0.2, 0.25) is 0 Å². The van der Waals surface area contributed by atoms with Crippen molar-refractivity contribution >= 4 is 11.6 Å². The summed E-state index contributed by atoms with van der Waals surface area (Å²) in [5, 5.41) is 3.73. The van der Waals surface area contributed by atoms with Gasteiger partial charge in [-0.15, -0.1) is 11.6 Å². The van der Waals surface area contributed by atoms with Crippen molar-refractivity contribution in [2.45, 2.75) is 32.1 Å². The molecule has 0 N–H and O–H groups in total. The predicted octanol–water partition coefficient (Wildman–Crippen LogP) is 4.13. The van der Waals surface area contributed by atoms with E-state index in [0.29, 0.717) is 11.7 Å². The summed E-state index contributed by atoms with van der Waals surface area (Å²) >= 11 is 6.18. The number of aromatic nitrogens is 2. The highest BCUT2D eigenvalue weighted by atomic mass is 35.5. The summed E-state index contributed by atoms with van der Waals surface area (Å²) in [5.41, 5.74) is 1.90. The summed E-state index contributed by atoms with van der Waals surface area (Å²) in [6.07, 6.45) is 1.81. The van der Waals surface area contributed by atoms with Gasteiger partial charge < -0.3 is 9.26 Å². The average Bonchev–Trinajstić information content (AvgIpc) is 2.89. The van der Waals surface area contributed by atoms with Gasteiger partial charge in [-0.2, -0.15) is 4.98 Å². The smallest absolute Gasteiger partial charge is 0.258 e. The highest BCUT2D eigenvalue weighted by molar-refractivity contribution is 6.20. The number of ether oxygens (including phenoxy) is 1. The molecule has 5 heteroatoms. The van der Waals surface area contributed by atoms with Gasteiger partial charge in [0.2, 0.25) is 0 Å². The molecule has 1 aromatic heterocycles. The Labute approximate surface area is 117 Å². The number of hydrogen-bond acceptors (Lipinski definition) is 4. The van der Waals surface area contributed by atoms with Crippen LogP contribution in [0.3, 0.4) is 0 Å². The average molecular weight is 281 g/mol. The summed E-state index contributed by atoms with van der Waals surface area (Å²) in [7, 11) is 1.64. The fourth-order valence-corrected chi connectivity index (χ4v) is 2.12. The first-order valence-electron chi connectivity index (χ1n) is 6.28. The molecule has 1 heterocycles. The summed E-state index contributed by atoms with van der Waals surface area (Å²) < 4.78 is 10.5. The first-order valence-corrected chi connectivity index (χ1v) is 6.72.